The Kier molecular flexibility index (Phi) is 4.98. The molecule has 0 N–H and O–H groups in total. The molecule has 5 heteroatoms. The molecule has 21 heavy (non-hydrogen) atoms. The average molecular weight is 351 g/mol. The van der Waals surface area contributed by atoms with Crippen LogP contribution >= 0.6 is 45.3 Å². The molecule has 0 fully saturated rings. The van der Waals surface area contributed by atoms with Gasteiger partial charge >= 0.3 is 0 Å². The third-order valence-electron chi connectivity index (χ3n) is 2.62. The molecule has 4 heterocycles. The fraction of sp³-hybridized carbons (Fsp3) is 0. The summed E-state index contributed by atoms with van der Waals surface area (Å²) in [6, 6.07) is 15.7. The molecule has 0 aliphatic rings. The van der Waals surface area contributed by atoms with Crippen LogP contribution in [-0.4, -0.2) is 0 Å². The highest BCUT2D eigenvalue weighted by molar-refractivity contribution is 7.20. The molecule has 0 aromatic carbocycles. The summed E-state index contributed by atoms with van der Waals surface area (Å²) in [4.78, 5) is 4.89. The van der Waals surface area contributed by atoms with Gasteiger partial charge < -0.3 is 0 Å². The van der Waals surface area contributed by atoms with E-state index in [1.54, 1.807) is 34.0 Å². The summed E-state index contributed by atoms with van der Waals surface area (Å²) < 4.78 is 12.5. The molecule has 0 spiro atoms. The maximum absolute atomic E-state index is 12.5. The Morgan fingerprint density at radius 2 is 1.05 bits per heavy atom. The highest BCUT2D eigenvalue weighted by Crippen LogP contribution is 2.30. The standard InChI is InChI=1S/C8H5FS2.C8H6S2/c9-8-4-3-7(11-8)6-2-1-5-10-6;1-3-7(9-5-1)8-4-2-6-10-8/h1-5H;1-6H. The van der Waals surface area contributed by atoms with Crippen LogP contribution in [0.15, 0.2) is 64.7 Å². The minimum absolute atomic E-state index is 0.117. The zero-order valence-electron chi connectivity index (χ0n) is 10.9. The largest absolute Gasteiger partial charge is 0.195 e. The molecular formula is C16H11FS4. The van der Waals surface area contributed by atoms with Gasteiger partial charge in [-0.05, 0) is 46.5 Å². The van der Waals surface area contributed by atoms with Crippen LogP contribution in [0.1, 0.15) is 0 Å². The van der Waals surface area contributed by atoms with Crippen LogP contribution in [0.3, 0.4) is 0 Å². The summed E-state index contributed by atoms with van der Waals surface area (Å²) in [5, 5.41) is 6.09. The topological polar surface area (TPSA) is 0 Å². The number of hydrogen-bond donors (Lipinski definition) is 0. The first-order valence-electron chi connectivity index (χ1n) is 6.19. The summed E-state index contributed by atoms with van der Waals surface area (Å²) in [5.41, 5.74) is 0. The first-order chi connectivity index (χ1) is 10.3. The Morgan fingerprint density at radius 1 is 0.571 bits per heavy atom. The molecule has 106 valence electrons. The predicted octanol–water partition coefficient (Wildman–Crippen LogP) is 7.09. The Hall–Kier alpha value is -1.27. The van der Waals surface area contributed by atoms with E-state index in [1.807, 2.05) is 23.6 Å². The second kappa shape index (κ2) is 7.13. The normalized spacial score (nSPS) is 10.1. The highest BCUT2D eigenvalue weighted by atomic mass is 32.1. The van der Waals surface area contributed by atoms with Crippen molar-refractivity contribution < 1.29 is 4.39 Å². The summed E-state index contributed by atoms with van der Waals surface area (Å²) in [6.45, 7) is 0. The van der Waals surface area contributed by atoms with Crippen LogP contribution in [0.5, 0.6) is 0 Å². The summed E-state index contributed by atoms with van der Waals surface area (Å²) in [5.74, 6) is 0. The fourth-order valence-corrected chi connectivity index (χ4v) is 4.85. The van der Waals surface area contributed by atoms with E-state index >= 15 is 0 Å². The predicted molar refractivity (Wildman–Crippen MR) is 95.2 cm³/mol. The molecule has 0 saturated heterocycles. The molecule has 4 aromatic heterocycles. The van der Waals surface area contributed by atoms with E-state index < -0.39 is 0 Å². The van der Waals surface area contributed by atoms with Gasteiger partial charge in [-0.2, -0.15) is 4.39 Å². The van der Waals surface area contributed by atoms with Crippen LogP contribution in [0.4, 0.5) is 4.39 Å². The van der Waals surface area contributed by atoms with Gasteiger partial charge in [0.1, 0.15) is 0 Å². The first-order valence-corrected chi connectivity index (χ1v) is 9.65. The maximum atomic E-state index is 12.5. The van der Waals surface area contributed by atoms with E-state index in [0.717, 1.165) is 9.75 Å². The van der Waals surface area contributed by atoms with Crippen LogP contribution in [-0.2, 0) is 0 Å². The van der Waals surface area contributed by atoms with E-state index in [-0.39, 0.29) is 5.13 Å². The van der Waals surface area contributed by atoms with Crippen LogP contribution in [0.25, 0.3) is 19.5 Å². The SMILES string of the molecule is Fc1ccc(-c2cccs2)s1.c1csc(-c2cccs2)c1. The van der Waals surface area contributed by atoms with Crippen LogP contribution in [0.2, 0.25) is 0 Å². The monoisotopic (exact) mass is 350 g/mol. The van der Waals surface area contributed by atoms with Crippen LogP contribution < -0.4 is 0 Å². The lowest BCUT2D eigenvalue weighted by Gasteiger charge is -1.85. The molecule has 4 rings (SSSR count). The molecule has 0 bridgehead atoms. The minimum atomic E-state index is -0.117. The van der Waals surface area contributed by atoms with Crippen LogP contribution in [0, 0.1) is 5.13 Å². The second-order valence-corrected chi connectivity index (χ2v) is 7.91. The van der Waals surface area contributed by atoms with Gasteiger partial charge in [-0.1, -0.05) is 18.2 Å². The van der Waals surface area contributed by atoms with Gasteiger partial charge in [-0.25, -0.2) is 0 Å². The smallest absolute Gasteiger partial charge is 0.177 e. The average Bonchev–Trinajstić information content (AvgIpc) is 3.27. The molecule has 0 nitrogen and oxygen atoms in total. The Bertz CT molecular complexity index is 717. The van der Waals surface area contributed by atoms with Gasteiger partial charge in [0.25, 0.3) is 0 Å². The van der Waals surface area contributed by atoms with Crippen molar-refractivity contribution in [2.24, 2.45) is 0 Å². The van der Waals surface area contributed by atoms with Gasteiger partial charge in [0, 0.05) is 19.5 Å². The molecule has 0 aliphatic carbocycles. The highest BCUT2D eigenvalue weighted by Gasteiger charge is 2.01. The summed E-state index contributed by atoms with van der Waals surface area (Å²) >= 11 is 6.40. The molecule has 0 unspecified atom stereocenters. The van der Waals surface area contributed by atoms with Crippen molar-refractivity contribution in [3.63, 3.8) is 0 Å². The maximum Gasteiger partial charge on any atom is 0.177 e. The quantitative estimate of drug-likeness (QED) is 0.362. The van der Waals surface area contributed by atoms with Crippen molar-refractivity contribution in [1.29, 1.82) is 0 Å². The number of thiophene rings is 4. The molecular weight excluding hydrogens is 339 g/mol. The van der Waals surface area contributed by atoms with Crippen molar-refractivity contribution in [1.82, 2.24) is 0 Å². The Balaban J connectivity index is 0.000000126. The zero-order valence-corrected chi connectivity index (χ0v) is 14.1. The van der Waals surface area contributed by atoms with Gasteiger partial charge in [-0.3, -0.25) is 0 Å². The molecule has 0 radical (unpaired) electrons. The number of hydrogen-bond acceptors (Lipinski definition) is 4. The fourth-order valence-electron chi connectivity index (χ4n) is 1.70. The van der Waals surface area contributed by atoms with Crippen molar-refractivity contribution in [3.05, 3.63) is 69.8 Å². The van der Waals surface area contributed by atoms with E-state index in [1.165, 1.54) is 27.2 Å². The second-order valence-electron chi connectivity index (χ2n) is 4.04. The summed E-state index contributed by atoms with van der Waals surface area (Å²) in [6.07, 6.45) is 0. The molecule has 0 atom stereocenters. The Labute approximate surface area is 138 Å². The van der Waals surface area contributed by atoms with Gasteiger partial charge in [0.2, 0.25) is 0 Å². The minimum Gasteiger partial charge on any atom is -0.195 e. The van der Waals surface area contributed by atoms with Gasteiger partial charge in [-0.15, -0.1) is 45.3 Å². The van der Waals surface area contributed by atoms with Crippen molar-refractivity contribution in [3.8, 4) is 19.5 Å². The third-order valence-corrected chi connectivity index (χ3v) is 6.50. The third kappa shape index (κ3) is 3.89. The van der Waals surface area contributed by atoms with Crippen molar-refractivity contribution in [2.45, 2.75) is 0 Å². The number of halogens is 1. The molecule has 4 aromatic rings. The van der Waals surface area contributed by atoms with Crippen molar-refractivity contribution >= 4 is 45.3 Å². The van der Waals surface area contributed by atoms with Gasteiger partial charge in [0.15, 0.2) is 5.13 Å². The van der Waals surface area contributed by atoms with E-state index in [9.17, 15) is 4.39 Å². The molecule has 0 amide bonds. The lowest BCUT2D eigenvalue weighted by Crippen LogP contribution is -1.55. The van der Waals surface area contributed by atoms with Gasteiger partial charge in [0.05, 0.1) is 0 Å². The number of rotatable bonds is 2. The molecule has 0 aliphatic heterocycles. The summed E-state index contributed by atoms with van der Waals surface area (Å²) in [7, 11) is 0. The lowest BCUT2D eigenvalue weighted by atomic mass is 10.4. The zero-order chi connectivity index (χ0) is 14.5. The lowest BCUT2D eigenvalue weighted by molar-refractivity contribution is 0.657. The van der Waals surface area contributed by atoms with E-state index in [4.69, 9.17) is 0 Å². The Morgan fingerprint density at radius 3 is 1.38 bits per heavy atom. The first kappa shape index (κ1) is 14.7. The van der Waals surface area contributed by atoms with E-state index in [2.05, 4.69) is 35.0 Å². The van der Waals surface area contributed by atoms with Crippen molar-refractivity contribution in [2.75, 3.05) is 0 Å². The molecule has 0 saturated carbocycles. The van der Waals surface area contributed by atoms with E-state index in [0.29, 0.717) is 0 Å².